The number of likely N-dealkylation sites (tertiary alicyclic amines) is 1. The fourth-order valence-electron chi connectivity index (χ4n) is 4.50. The number of nitrogens with zero attached hydrogens (tertiary/aromatic N) is 7. The van der Waals surface area contributed by atoms with Crippen LogP contribution >= 0.6 is 0 Å². The van der Waals surface area contributed by atoms with Crippen LogP contribution < -0.4 is 11.1 Å². The monoisotopic (exact) mass is 479 g/mol. The second kappa shape index (κ2) is 8.33. The van der Waals surface area contributed by atoms with Crippen LogP contribution in [0.1, 0.15) is 43.1 Å². The molecule has 12 heteroatoms. The number of imidazole rings is 1. The molecule has 5 rings (SSSR count). The first-order valence-corrected chi connectivity index (χ1v) is 11.5. The number of fused-ring (bicyclic) bond motifs is 1. The molecule has 1 saturated carbocycles. The summed E-state index contributed by atoms with van der Waals surface area (Å²) in [5.41, 5.74) is 6.82. The van der Waals surface area contributed by atoms with Crippen LogP contribution in [0.3, 0.4) is 0 Å². The zero-order valence-electron chi connectivity index (χ0n) is 19.5. The Bertz CT molecular complexity index is 1350. The van der Waals surface area contributed by atoms with Gasteiger partial charge in [0.1, 0.15) is 5.41 Å². The number of hydrogen-bond donors (Lipinski definition) is 2. The predicted molar refractivity (Wildman–Crippen MR) is 124 cm³/mol. The summed E-state index contributed by atoms with van der Waals surface area (Å²) >= 11 is 0. The highest BCUT2D eigenvalue weighted by atomic mass is 19.1. The van der Waals surface area contributed by atoms with E-state index in [9.17, 15) is 19.2 Å². The SMILES string of the molecule is CC(C)n1cc(-c2cn3ncc(C(N)=O)c(N[C@@H]4CN(C(=O)C5(C#N)CC5)C[C@H]4CF)c3n2)cn1. The highest BCUT2D eigenvalue weighted by Crippen LogP contribution is 2.47. The molecule has 0 bridgehead atoms. The lowest BCUT2D eigenvalue weighted by Crippen LogP contribution is -2.36. The number of rotatable bonds is 7. The van der Waals surface area contributed by atoms with Gasteiger partial charge in [-0.2, -0.15) is 15.5 Å². The van der Waals surface area contributed by atoms with E-state index in [0.717, 1.165) is 5.56 Å². The number of nitriles is 1. The van der Waals surface area contributed by atoms with Gasteiger partial charge in [0.15, 0.2) is 5.65 Å². The van der Waals surface area contributed by atoms with E-state index in [0.29, 0.717) is 29.9 Å². The number of carbonyl (C=O) groups excluding carboxylic acids is 2. The van der Waals surface area contributed by atoms with E-state index in [4.69, 9.17) is 5.73 Å². The molecule has 2 atom stereocenters. The quantitative estimate of drug-likeness (QED) is 0.525. The van der Waals surface area contributed by atoms with Crippen LogP contribution in [0.5, 0.6) is 0 Å². The number of carbonyl (C=O) groups is 2. The molecule has 3 aromatic heterocycles. The molecule has 35 heavy (non-hydrogen) atoms. The van der Waals surface area contributed by atoms with Crippen LogP contribution in [0.15, 0.2) is 24.8 Å². The Balaban J connectivity index is 1.49. The topological polar surface area (TPSA) is 147 Å². The van der Waals surface area contributed by atoms with Crippen LogP contribution in [0, 0.1) is 22.7 Å². The summed E-state index contributed by atoms with van der Waals surface area (Å²) in [4.78, 5) is 31.3. The normalized spacial score (nSPS) is 20.8. The Morgan fingerprint density at radius 1 is 1.29 bits per heavy atom. The molecule has 1 saturated heterocycles. The smallest absolute Gasteiger partial charge is 0.252 e. The van der Waals surface area contributed by atoms with E-state index in [1.54, 1.807) is 12.4 Å². The van der Waals surface area contributed by atoms with Gasteiger partial charge in [-0.3, -0.25) is 18.7 Å². The van der Waals surface area contributed by atoms with E-state index in [2.05, 4.69) is 26.6 Å². The van der Waals surface area contributed by atoms with Crippen molar-refractivity contribution in [3.63, 3.8) is 0 Å². The molecular formula is C23H26FN9O2. The van der Waals surface area contributed by atoms with Crippen molar-refractivity contribution in [2.24, 2.45) is 17.1 Å². The Morgan fingerprint density at radius 3 is 2.66 bits per heavy atom. The fraction of sp³-hybridized carbons (Fsp3) is 0.478. The lowest BCUT2D eigenvalue weighted by Gasteiger charge is -2.21. The standard InChI is InChI=1S/C23H26FN9O2/c1-13(2)32-9-15(6-27-32)18-11-33-21(30-18)19(16(7-28-33)20(26)34)29-17-10-31(8-14(17)5-24)22(35)23(12-25)3-4-23/h6-7,9,11,13-14,17,29H,3-5,8,10H2,1-2H3,(H2,26,34)/t14-,17-/m1/s1. The largest absolute Gasteiger partial charge is 0.376 e. The Kier molecular flexibility index (Phi) is 5.42. The van der Waals surface area contributed by atoms with Crippen LogP contribution in [0.4, 0.5) is 10.1 Å². The summed E-state index contributed by atoms with van der Waals surface area (Å²) in [5.74, 6) is -1.48. The Morgan fingerprint density at radius 2 is 2.06 bits per heavy atom. The molecule has 0 radical (unpaired) electrons. The summed E-state index contributed by atoms with van der Waals surface area (Å²) in [7, 11) is 0. The van der Waals surface area contributed by atoms with Crippen LogP contribution in [0.2, 0.25) is 0 Å². The number of hydrogen-bond acceptors (Lipinski definition) is 7. The van der Waals surface area contributed by atoms with Crippen molar-refractivity contribution in [2.75, 3.05) is 25.1 Å². The van der Waals surface area contributed by atoms with Crippen molar-refractivity contribution >= 4 is 23.1 Å². The van der Waals surface area contributed by atoms with Gasteiger partial charge in [-0.1, -0.05) is 0 Å². The third kappa shape index (κ3) is 3.86. The first kappa shape index (κ1) is 22.8. The molecule has 2 aliphatic rings. The average Bonchev–Trinajstić information content (AvgIpc) is 3.19. The maximum absolute atomic E-state index is 14.0. The Labute approximate surface area is 200 Å². The van der Waals surface area contributed by atoms with Crippen LogP contribution in [0.25, 0.3) is 16.9 Å². The number of halogens is 1. The van der Waals surface area contributed by atoms with Crippen molar-refractivity contribution < 1.29 is 14.0 Å². The van der Waals surface area contributed by atoms with E-state index in [1.807, 2.05) is 24.7 Å². The van der Waals surface area contributed by atoms with Crippen molar-refractivity contribution in [2.45, 2.75) is 38.8 Å². The number of aromatic nitrogens is 5. The molecule has 0 unspecified atom stereocenters. The van der Waals surface area contributed by atoms with Gasteiger partial charge in [0, 0.05) is 36.8 Å². The molecule has 11 nitrogen and oxygen atoms in total. The third-order valence-electron chi connectivity index (χ3n) is 6.81. The molecule has 2 amide bonds. The van der Waals surface area contributed by atoms with Gasteiger partial charge in [-0.15, -0.1) is 0 Å². The zero-order chi connectivity index (χ0) is 24.9. The summed E-state index contributed by atoms with van der Waals surface area (Å²) in [6.07, 6.45) is 7.69. The lowest BCUT2D eigenvalue weighted by atomic mass is 10.0. The van der Waals surface area contributed by atoms with E-state index in [-0.39, 0.29) is 30.6 Å². The molecule has 1 aliphatic heterocycles. The minimum atomic E-state index is -0.976. The molecule has 0 aromatic carbocycles. The molecule has 1 aliphatic carbocycles. The van der Waals surface area contributed by atoms with Crippen LogP contribution in [-0.4, -0.2) is 66.9 Å². The third-order valence-corrected chi connectivity index (χ3v) is 6.81. The fourth-order valence-corrected chi connectivity index (χ4v) is 4.50. The summed E-state index contributed by atoms with van der Waals surface area (Å²) < 4.78 is 17.3. The minimum absolute atomic E-state index is 0.116. The van der Waals surface area contributed by atoms with Gasteiger partial charge in [-0.25, -0.2) is 9.50 Å². The van der Waals surface area contributed by atoms with E-state index < -0.39 is 30.0 Å². The Hall–Kier alpha value is -4.01. The number of nitrogens with two attached hydrogens (primary N) is 1. The van der Waals surface area contributed by atoms with Crippen molar-refractivity contribution in [3.05, 3.63) is 30.4 Å². The van der Waals surface area contributed by atoms with Crippen molar-refractivity contribution in [3.8, 4) is 17.3 Å². The van der Waals surface area contributed by atoms with Gasteiger partial charge in [-0.05, 0) is 26.7 Å². The second-order valence-corrected chi connectivity index (χ2v) is 9.56. The van der Waals surface area contributed by atoms with E-state index in [1.165, 1.54) is 15.6 Å². The number of anilines is 1. The molecule has 3 aromatic rings. The molecule has 2 fully saturated rings. The summed E-state index contributed by atoms with van der Waals surface area (Å²) in [6.45, 7) is 3.77. The van der Waals surface area contributed by atoms with Gasteiger partial charge in [0.25, 0.3) is 5.91 Å². The van der Waals surface area contributed by atoms with E-state index >= 15 is 0 Å². The number of nitrogens with one attached hydrogen (secondary N) is 1. The van der Waals surface area contributed by atoms with Crippen molar-refractivity contribution in [1.82, 2.24) is 29.3 Å². The molecule has 182 valence electrons. The number of amides is 2. The highest BCUT2D eigenvalue weighted by Gasteiger charge is 2.54. The first-order chi connectivity index (χ1) is 16.8. The second-order valence-electron chi connectivity index (χ2n) is 9.56. The van der Waals surface area contributed by atoms with Crippen LogP contribution in [-0.2, 0) is 4.79 Å². The maximum Gasteiger partial charge on any atom is 0.252 e. The van der Waals surface area contributed by atoms with Gasteiger partial charge in [0.05, 0.1) is 54.3 Å². The maximum atomic E-state index is 14.0. The number of primary amides is 1. The molecule has 3 N–H and O–H groups in total. The van der Waals surface area contributed by atoms with Crippen molar-refractivity contribution in [1.29, 1.82) is 5.26 Å². The van der Waals surface area contributed by atoms with Gasteiger partial charge >= 0.3 is 0 Å². The minimum Gasteiger partial charge on any atom is -0.376 e. The molecular weight excluding hydrogens is 453 g/mol. The zero-order valence-corrected chi connectivity index (χ0v) is 19.5. The average molecular weight is 480 g/mol. The van der Waals surface area contributed by atoms with Gasteiger partial charge in [0.2, 0.25) is 5.91 Å². The predicted octanol–water partition coefficient (Wildman–Crippen LogP) is 1.78. The summed E-state index contributed by atoms with van der Waals surface area (Å²) in [5, 5.41) is 21.2. The summed E-state index contributed by atoms with van der Waals surface area (Å²) in [6, 6.07) is 1.79. The van der Waals surface area contributed by atoms with Gasteiger partial charge < -0.3 is 16.0 Å². The first-order valence-electron chi connectivity index (χ1n) is 11.5. The molecule has 4 heterocycles. The number of alkyl halides is 1. The lowest BCUT2D eigenvalue weighted by molar-refractivity contribution is -0.134. The highest BCUT2D eigenvalue weighted by molar-refractivity contribution is 6.01. The molecule has 0 spiro atoms.